The molecule has 0 aliphatic carbocycles. The highest BCUT2D eigenvalue weighted by atomic mass is 16.5. The molecule has 8 heteroatoms. The van der Waals surface area contributed by atoms with E-state index in [-0.39, 0.29) is 12.3 Å². The van der Waals surface area contributed by atoms with Crippen LogP contribution in [0.1, 0.15) is 29.9 Å². The number of primary amides is 1. The van der Waals surface area contributed by atoms with E-state index in [0.717, 1.165) is 6.42 Å². The second-order valence-corrected chi connectivity index (χ2v) is 5.56. The van der Waals surface area contributed by atoms with Crippen molar-refractivity contribution >= 4 is 22.8 Å². The highest BCUT2D eigenvalue weighted by Crippen LogP contribution is 2.36. The molecule has 5 N–H and O–H groups in total. The first-order valence-corrected chi connectivity index (χ1v) is 7.25. The lowest BCUT2D eigenvalue weighted by atomic mass is 10.0. The number of hydrogen-bond donors (Lipinski definition) is 3. The average Bonchev–Trinajstić information content (AvgIpc) is 3.07. The summed E-state index contributed by atoms with van der Waals surface area (Å²) in [6.45, 7) is 2.57. The zero-order chi connectivity index (χ0) is 15.9. The number of nitrogens with two attached hydrogens (primary N) is 2. The number of nitrogens with one attached hydrogen (secondary N) is 1. The van der Waals surface area contributed by atoms with E-state index in [0.29, 0.717) is 34.9 Å². The molecule has 22 heavy (non-hydrogen) atoms. The largest absolute Gasteiger partial charge is 0.372 e. The van der Waals surface area contributed by atoms with Gasteiger partial charge in [-0.15, -0.1) is 0 Å². The molecule has 0 bridgehead atoms. The van der Waals surface area contributed by atoms with E-state index in [2.05, 4.69) is 22.2 Å². The van der Waals surface area contributed by atoms with E-state index in [1.165, 1.54) is 6.33 Å². The Morgan fingerprint density at radius 1 is 1.55 bits per heavy atom. The summed E-state index contributed by atoms with van der Waals surface area (Å²) in [6, 6.07) is 0. The Morgan fingerprint density at radius 3 is 2.91 bits per heavy atom. The van der Waals surface area contributed by atoms with E-state index < -0.39 is 5.91 Å². The van der Waals surface area contributed by atoms with E-state index in [4.69, 9.17) is 16.2 Å². The minimum Gasteiger partial charge on any atom is -0.372 e. The standard InChI is InChI=1S/C14H20N6O2/c1-7-3-10(22-9(7)4-15)20-5-8(12(16)21)11-13(17-2)18-6-19-14(11)20/h5-7,9-10H,3-4,15H2,1-2H3,(H2,16,21)(H,17,18,19)/t7-,9+,10+/m0/s1. The van der Waals surface area contributed by atoms with Gasteiger partial charge in [-0.3, -0.25) is 4.79 Å². The lowest BCUT2D eigenvalue weighted by molar-refractivity contribution is 0.00344. The summed E-state index contributed by atoms with van der Waals surface area (Å²) in [7, 11) is 1.74. The molecular weight excluding hydrogens is 284 g/mol. The van der Waals surface area contributed by atoms with Crippen LogP contribution in [0.25, 0.3) is 11.0 Å². The van der Waals surface area contributed by atoms with Gasteiger partial charge in [0.2, 0.25) is 0 Å². The molecule has 0 spiro atoms. The number of hydrogen-bond acceptors (Lipinski definition) is 6. The summed E-state index contributed by atoms with van der Waals surface area (Å²) in [6.07, 6.45) is 3.75. The predicted octanol–water partition coefficient (Wildman–Crippen LogP) is 0.454. The number of amides is 1. The highest BCUT2D eigenvalue weighted by Gasteiger charge is 2.34. The van der Waals surface area contributed by atoms with Crippen molar-refractivity contribution in [2.75, 3.05) is 18.9 Å². The molecule has 1 aliphatic heterocycles. The third kappa shape index (κ3) is 2.20. The number of fused-ring (bicyclic) bond motifs is 1. The van der Waals surface area contributed by atoms with Crippen LogP contribution in [0.3, 0.4) is 0 Å². The van der Waals surface area contributed by atoms with Gasteiger partial charge in [-0.1, -0.05) is 6.92 Å². The SMILES string of the molecule is CNc1ncnc2c1c(C(N)=O)cn2[C@H]1C[C@H](C)[C@@H](CN)O1. The van der Waals surface area contributed by atoms with Crippen LogP contribution >= 0.6 is 0 Å². The van der Waals surface area contributed by atoms with Crippen LogP contribution in [0.2, 0.25) is 0 Å². The fourth-order valence-corrected chi connectivity index (χ4v) is 3.01. The molecule has 3 atom stereocenters. The lowest BCUT2D eigenvalue weighted by Gasteiger charge is -2.15. The number of rotatable bonds is 4. The minimum atomic E-state index is -0.517. The van der Waals surface area contributed by atoms with Gasteiger partial charge in [0.25, 0.3) is 5.91 Å². The molecule has 3 heterocycles. The Bertz CT molecular complexity index is 713. The van der Waals surface area contributed by atoms with Crippen molar-refractivity contribution in [2.45, 2.75) is 25.7 Å². The van der Waals surface area contributed by atoms with Crippen LogP contribution in [0.5, 0.6) is 0 Å². The zero-order valence-corrected chi connectivity index (χ0v) is 12.6. The third-order valence-corrected chi connectivity index (χ3v) is 4.19. The van der Waals surface area contributed by atoms with Crippen molar-refractivity contribution in [1.29, 1.82) is 0 Å². The van der Waals surface area contributed by atoms with Crippen molar-refractivity contribution in [3.63, 3.8) is 0 Å². The molecule has 0 unspecified atom stereocenters. The van der Waals surface area contributed by atoms with Crippen LogP contribution in [-0.4, -0.2) is 40.1 Å². The molecule has 3 rings (SSSR count). The van der Waals surface area contributed by atoms with Gasteiger partial charge in [-0.05, 0) is 12.3 Å². The Labute approximate surface area is 127 Å². The van der Waals surface area contributed by atoms with Gasteiger partial charge in [0.05, 0.1) is 17.1 Å². The number of nitrogens with zero attached hydrogens (tertiary/aromatic N) is 3. The molecular formula is C14H20N6O2. The molecule has 1 fully saturated rings. The zero-order valence-electron chi connectivity index (χ0n) is 12.6. The van der Waals surface area contributed by atoms with Crippen molar-refractivity contribution in [2.24, 2.45) is 17.4 Å². The van der Waals surface area contributed by atoms with Crippen LogP contribution in [0, 0.1) is 5.92 Å². The van der Waals surface area contributed by atoms with Crippen molar-refractivity contribution in [1.82, 2.24) is 14.5 Å². The van der Waals surface area contributed by atoms with Crippen LogP contribution in [0.15, 0.2) is 12.5 Å². The van der Waals surface area contributed by atoms with E-state index in [9.17, 15) is 4.79 Å². The van der Waals surface area contributed by atoms with Crippen molar-refractivity contribution in [3.8, 4) is 0 Å². The first-order valence-electron chi connectivity index (χ1n) is 7.25. The van der Waals surface area contributed by atoms with Crippen molar-refractivity contribution < 1.29 is 9.53 Å². The molecule has 1 amide bonds. The topological polar surface area (TPSA) is 121 Å². The van der Waals surface area contributed by atoms with Crippen molar-refractivity contribution in [3.05, 3.63) is 18.1 Å². The quantitative estimate of drug-likeness (QED) is 0.754. The number of carbonyl (C=O) groups is 1. The number of ether oxygens (including phenoxy) is 1. The monoisotopic (exact) mass is 304 g/mol. The molecule has 0 radical (unpaired) electrons. The molecule has 2 aromatic heterocycles. The van der Waals surface area contributed by atoms with Gasteiger partial charge >= 0.3 is 0 Å². The minimum absolute atomic E-state index is 0.00471. The number of aromatic nitrogens is 3. The van der Waals surface area contributed by atoms with Gasteiger partial charge in [0, 0.05) is 19.8 Å². The van der Waals surface area contributed by atoms with E-state index in [1.54, 1.807) is 13.2 Å². The maximum absolute atomic E-state index is 11.8. The molecule has 1 saturated heterocycles. The Hall–Kier alpha value is -2.19. The predicted molar refractivity (Wildman–Crippen MR) is 82.3 cm³/mol. The third-order valence-electron chi connectivity index (χ3n) is 4.19. The lowest BCUT2D eigenvalue weighted by Crippen LogP contribution is -2.24. The molecule has 2 aromatic rings. The first-order chi connectivity index (χ1) is 10.6. The molecule has 1 aliphatic rings. The Morgan fingerprint density at radius 2 is 2.32 bits per heavy atom. The highest BCUT2D eigenvalue weighted by molar-refractivity contribution is 6.09. The summed E-state index contributed by atoms with van der Waals surface area (Å²) in [5.41, 5.74) is 12.2. The molecule has 0 saturated carbocycles. The van der Waals surface area contributed by atoms with Gasteiger partial charge in [0.1, 0.15) is 24.0 Å². The van der Waals surface area contributed by atoms with Crippen LogP contribution in [-0.2, 0) is 4.74 Å². The van der Waals surface area contributed by atoms with E-state index >= 15 is 0 Å². The second kappa shape index (κ2) is 5.54. The summed E-state index contributed by atoms with van der Waals surface area (Å²) in [5, 5.41) is 3.58. The first kappa shape index (κ1) is 14.7. The number of carbonyl (C=O) groups excluding carboxylic acids is 1. The molecule has 8 nitrogen and oxygen atoms in total. The maximum Gasteiger partial charge on any atom is 0.251 e. The second-order valence-electron chi connectivity index (χ2n) is 5.56. The average molecular weight is 304 g/mol. The summed E-state index contributed by atoms with van der Waals surface area (Å²) in [4.78, 5) is 20.2. The van der Waals surface area contributed by atoms with Gasteiger partial charge < -0.3 is 26.1 Å². The van der Waals surface area contributed by atoms with E-state index in [1.807, 2.05) is 4.57 Å². The maximum atomic E-state index is 11.8. The summed E-state index contributed by atoms with van der Waals surface area (Å²) in [5.74, 6) is 0.394. The Balaban J connectivity index is 2.13. The van der Waals surface area contributed by atoms with Crippen LogP contribution < -0.4 is 16.8 Å². The fourth-order valence-electron chi connectivity index (χ4n) is 3.01. The fraction of sp³-hybridized carbons (Fsp3) is 0.500. The van der Waals surface area contributed by atoms with Gasteiger partial charge in [-0.25, -0.2) is 9.97 Å². The normalized spacial score (nSPS) is 24.8. The van der Waals surface area contributed by atoms with Gasteiger partial charge in [-0.2, -0.15) is 0 Å². The molecule has 0 aromatic carbocycles. The van der Waals surface area contributed by atoms with Gasteiger partial charge in [0.15, 0.2) is 0 Å². The smallest absolute Gasteiger partial charge is 0.251 e. The number of anilines is 1. The summed E-state index contributed by atoms with van der Waals surface area (Å²) < 4.78 is 7.84. The summed E-state index contributed by atoms with van der Waals surface area (Å²) >= 11 is 0. The Kier molecular flexibility index (Phi) is 3.71. The molecule has 118 valence electrons. The van der Waals surface area contributed by atoms with Crippen LogP contribution in [0.4, 0.5) is 5.82 Å².